The molecule has 1 N–H and O–H groups in total. The summed E-state index contributed by atoms with van der Waals surface area (Å²) in [5.41, 5.74) is 0.975. The van der Waals surface area contributed by atoms with E-state index < -0.39 is 11.9 Å². The molecule has 1 heterocycles. The average molecular weight is 449 g/mol. The summed E-state index contributed by atoms with van der Waals surface area (Å²) in [6.45, 7) is 1.54. The third-order valence-electron chi connectivity index (χ3n) is 6.79. The van der Waals surface area contributed by atoms with Crippen molar-refractivity contribution in [2.75, 3.05) is 5.32 Å². The standard InChI is InChI=1S/C25H21ClN2O4/c1-13(28-24(31)20-15-7-8-16(11-15)21(20)25(28)32)23(30)27-19-10-9-17(26)12-18(19)22(29)14-5-3-2-4-6-14/h2-10,12-13,15-16,20-21H,11H2,1H3,(H,27,30)/t13-,15-,16-,20-,21-/m0/s1. The number of benzene rings is 2. The number of allylic oxidation sites excluding steroid dienone is 2. The Hall–Kier alpha value is -3.25. The molecule has 1 saturated carbocycles. The first kappa shape index (κ1) is 20.6. The highest BCUT2D eigenvalue weighted by molar-refractivity contribution is 6.31. The number of imide groups is 1. The molecule has 2 aromatic carbocycles. The molecule has 3 amide bonds. The molecule has 0 unspecified atom stereocenters. The second-order valence-corrected chi connectivity index (χ2v) is 9.03. The number of hydrogen-bond donors (Lipinski definition) is 1. The van der Waals surface area contributed by atoms with Gasteiger partial charge in [-0.25, -0.2) is 0 Å². The van der Waals surface area contributed by atoms with E-state index in [1.54, 1.807) is 42.5 Å². The fraction of sp³-hybridized carbons (Fsp3) is 0.280. The van der Waals surface area contributed by atoms with Crippen LogP contribution < -0.4 is 5.32 Å². The predicted molar refractivity (Wildman–Crippen MR) is 119 cm³/mol. The zero-order valence-corrected chi connectivity index (χ0v) is 18.1. The predicted octanol–water partition coefficient (Wildman–Crippen LogP) is 3.71. The summed E-state index contributed by atoms with van der Waals surface area (Å²) in [5.74, 6) is -1.96. The van der Waals surface area contributed by atoms with Crippen LogP contribution in [0, 0.1) is 23.7 Å². The van der Waals surface area contributed by atoms with Crippen molar-refractivity contribution in [3.05, 3.63) is 76.8 Å². The maximum absolute atomic E-state index is 13.1. The second kappa shape index (κ2) is 7.71. The SMILES string of the molecule is C[C@@H](C(=O)Nc1ccc(Cl)cc1C(=O)c1ccccc1)N1C(=O)[C@@H]2[C@@H](C1=O)[C@H]1C=C[C@H]2C1. The molecule has 5 atom stereocenters. The first-order chi connectivity index (χ1) is 15.4. The number of hydrogen-bond acceptors (Lipinski definition) is 4. The fourth-order valence-corrected chi connectivity index (χ4v) is 5.39. The number of ketones is 1. The lowest BCUT2D eigenvalue weighted by atomic mass is 9.85. The van der Waals surface area contributed by atoms with Crippen LogP contribution in [-0.4, -0.2) is 34.4 Å². The van der Waals surface area contributed by atoms with E-state index in [4.69, 9.17) is 11.6 Å². The summed E-state index contributed by atoms with van der Waals surface area (Å²) in [7, 11) is 0. The smallest absolute Gasteiger partial charge is 0.247 e. The Labute approximate surface area is 190 Å². The van der Waals surface area contributed by atoms with Crippen LogP contribution in [0.15, 0.2) is 60.7 Å². The molecule has 1 aliphatic heterocycles. The van der Waals surface area contributed by atoms with Crippen LogP contribution in [0.1, 0.15) is 29.3 Å². The molecule has 2 aromatic rings. The van der Waals surface area contributed by atoms with Gasteiger partial charge in [0.25, 0.3) is 0 Å². The number of fused-ring (bicyclic) bond motifs is 5. The molecule has 7 heteroatoms. The van der Waals surface area contributed by atoms with E-state index in [1.807, 2.05) is 12.2 Å². The largest absolute Gasteiger partial charge is 0.324 e. The van der Waals surface area contributed by atoms with Gasteiger partial charge in [-0.15, -0.1) is 0 Å². The van der Waals surface area contributed by atoms with Gasteiger partial charge in [-0.1, -0.05) is 54.1 Å². The summed E-state index contributed by atoms with van der Waals surface area (Å²) in [4.78, 5) is 53.2. The molecular formula is C25H21ClN2O4. The molecule has 2 bridgehead atoms. The third kappa shape index (κ3) is 3.17. The Balaban J connectivity index is 1.38. The molecule has 3 aliphatic rings. The highest BCUT2D eigenvalue weighted by atomic mass is 35.5. The van der Waals surface area contributed by atoms with Gasteiger partial charge in [0.15, 0.2) is 5.78 Å². The molecule has 2 fully saturated rings. The van der Waals surface area contributed by atoms with Crippen molar-refractivity contribution in [3.8, 4) is 0 Å². The highest BCUT2D eigenvalue weighted by Crippen LogP contribution is 2.52. The van der Waals surface area contributed by atoms with Crippen LogP contribution in [-0.2, 0) is 14.4 Å². The van der Waals surface area contributed by atoms with Gasteiger partial charge in [-0.05, 0) is 43.4 Å². The first-order valence-electron chi connectivity index (χ1n) is 10.6. The number of anilines is 1. The van der Waals surface area contributed by atoms with Gasteiger partial charge < -0.3 is 5.32 Å². The van der Waals surface area contributed by atoms with Crippen LogP contribution in [0.25, 0.3) is 0 Å². The van der Waals surface area contributed by atoms with Crippen LogP contribution >= 0.6 is 11.6 Å². The minimum atomic E-state index is -0.990. The van der Waals surface area contributed by atoms with Crippen LogP contribution in [0.5, 0.6) is 0 Å². The average Bonchev–Trinajstić information content (AvgIpc) is 3.48. The van der Waals surface area contributed by atoms with Gasteiger partial charge >= 0.3 is 0 Å². The molecule has 162 valence electrons. The van der Waals surface area contributed by atoms with Crippen molar-refractivity contribution in [1.29, 1.82) is 0 Å². The summed E-state index contributed by atoms with van der Waals surface area (Å²) in [6, 6.07) is 12.3. The summed E-state index contributed by atoms with van der Waals surface area (Å²) in [6.07, 6.45) is 4.86. The van der Waals surface area contributed by atoms with Gasteiger partial charge in [0.1, 0.15) is 6.04 Å². The molecule has 0 radical (unpaired) electrons. The molecular weight excluding hydrogens is 428 g/mol. The zero-order valence-electron chi connectivity index (χ0n) is 17.3. The van der Waals surface area contributed by atoms with E-state index in [9.17, 15) is 19.2 Å². The van der Waals surface area contributed by atoms with Crippen molar-refractivity contribution in [2.45, 2.75) is 19.4 Å². The van der Waals surface area contributed by atoms with Gasteiger partial charge in [-0.3, -0.25) is 24.1 Å². The lowest BCUT2D eigenvalue weighted by Crippen LogP contribution is -2.46. The minimum absolute atomic E-state index is 0.0769. The molecule has 0 aromatic heterocycles. The number of rotatable bonds is 5. The lowest BCUT2D eigenvalue weighted by molar-refractivity contribution is -0.146. The number of nitrogens with one attached hydrogen (secondary N) is 1. The third-order valence-corrected chi connectivity index (χ3v) is 7.03. The number of nitrogens with zero attached hydrogens (tertiary/aromatic N) is 1. The lowest BCUT2D eigenvalue weighted by Gasteiger charge is -2.24. The topological polar surface area (TPSA) is 83.6 Å². The fourth-order valence-electron chi connectivity index (χ4n) is 5.22. The Morgan fingerprint density at radius 2 is 1.62 bits per heavy atom. The summed E-state index contributed by atoms with van der Waals surface area (Å²) < 4.78 is 0. The minimum Gasteiger partial charge on any atom is -0.324 e. The van der Waals surface area contributed by atoms with E-state index >= 15 is 0 Å². The zero-order chi connectivity index (χ0) is 22.6. The molecule has 1 saturated heterocycles. The Morgan fingerprint density at radius 3 is 2.25 bits per heavy atom. The molecule has 2 aliphatic carbocycles. The van der Waals surface area contributed by atoms with E-state index in [-0.39, 0.29) is 52.5 Å². The van der Waals surface area contributed by atoms with E-state index in [0.717, 1.165) is 11.3 Å². The number of carbonyl (C=O) groups is 4. The van der Waals surface area contributed by atoms with E-state index in [0.29, 0.717) is 10.6 Å². The van der Waals surface area contributed by atoms with Crippen molar-refractivity contribution in [2.24, 2.45) is 23.7 Å². The Kier molecular flexibility index (Phi) is 4.97. The maximum atomic E-state index is 13.1. The van der Waals surface area contributed by atoms with Gasteiger partial charge in [0.05, 0.1) is 17.5 Å². The molecule has 0 spiro atoms. The van der Waals surface area contributed by atoms with Crippen LogP contribution in [0.2, 0.25) is 5.02 Å². The van der Waals surface area contributed by atoms with Crippen molar-refractivity contribution in [1.82, 2.24) is 4.90 Å². The van der Waals surface area contributed by atoms with Gasteiger partial charge in [0, 0.05) is 16.1 Å². The molecule has 5 rings (SSSR count). The van der Waals surface area contributed by atoms with Gasteiger partial charge in [-0.2, -0.15) is 0 Å². The van der Waals surface area contributed by atoms with Crippen LogP contribution in [0.4, 0.5) is 5.69 Å². The van der Waals surface area contributed by atoms with E-state index in [2.05, 4.69) is 5.32 Å². The number of carbonyl (C=O) groups excluding carboxylic acids is 4. The number of halogens is 1. The van der Waals surface area contributed by atoms with Crippen molar-refractivity contribution < 1.29 is 19.2 Å². The van der Waals surface area contributed by atoms with Crippen molar-refractivity contribution in [3.63, 3.8) is 0 Å². The maximum Gasteiger partial charge on any atom is 0.247 e. The Bertz CT molecular complexity index is 1150. The summed E-state index contributed by atoms with van der Waals surface area (Å²) in [5, 5.41) is 3.09. The highest BCUT2D eigenvalue weighted by Gasteiger charge is 2.60. The summed E-state index contributed by atoms with van der Waals surface area (Å²) >= 11 is 6.11. The molecule has 6 nitrogen and oxygen atoms in total. The second-order valence-electron chi connectivity index (χ2n) is 8.60. The monoisotopic (exact) mass is 448 g/mol. The van der Waals surface area contributed by atoms with Crippen LogP contribution in [0.3, 0.4) is 0 Å². The molecule has 32 heavy (non-hydrogen) atoms. The number of amides is 3. The Morgan fingerprint density at radius 1 is 1.00 bits per heavy atom. The quantitative estimate of drug-likeness (QED) is 0.429. The van der Waals surface area contributed by atoms with Gasteiger partial charge in [0.2, 0.25) is 17.7 Å². The van der Waals surface area contributed by atoms with E-state index in [1.165, 1.54) is 13.0 Å². The normalized spacial score (nSPS) is 26.4. The van der Waals surface area contributed by atoms with Crippen molar-refractivity contribution >= 4 is 40.8 Å². The first-order valence-corrected chi connectivity index (χ1v) is 11.0. The number of likely N-dealkylation sites (tertiary alicyclic amines) is 1.